The average molecular weight is 336 g/mol. The number of benzene rings is 1. The lowest BCUT2D eigenvalue weighted by atomic mass is 9.99. The van der Waals surface area contributed by atoms with Gasteiger partial charge in [-0.25, -0.2) is 0 Å². The maximum absolute atomic E-state index is 12.9. The lowest BCUT2D eigenvalue weighted by Gasteiger charge is -2.14. The first-order valence-corrected chi connectivity index (χ1v) is 6.04. The van der Waals surface area contributed by atoms with Crippen LogP contribution in [0.3, 0.4) is 0 Å². The van der Waals surface area contributed by atoms with E-state index >= 15 is 0 Å². The van der Waals surface area contributed by atoms with E-state index in [1.807, 2.05) is 0 Å². The van der Waals surface area contributed by atoms with Gasteiger partial charge in [0.25, 0.3) is 0 Å². The van der Waals surface area contributed by atoms with E-state index < -0.39 is 23.3 Å². The quantitative estimate of drug-likeness (QED) is 0.795. The highest BCUT2D eigenvalue weighted by molar-refractivity contribution is 9.10. The minimum Gasteiger partial charge on any atom is -0.466 e. The molecule has 0 bridgehead atoms. The molecule has 1 aromatic carbocycles. The molecule has 0 spiro atoms. The highest BCUT2D eigenvalue weighted by Gasteiger charge is 2.37. The SMILES string of the molecule is CCOC(=O)Cc1ccc(Br)c(C(F)(F)F)c1C#N. The summed E-state index contributed by atoms with van der Waals surface area (Å²) >= 11 is 2.77. The van der Waals surface area contributed by atoms with Gasteiger partial charge in [0.05, 0.1) is 24.2 Å². The van der Waals surface area contributed by atoms with Crippen LogP contribution in [0.1, 0.15) is 23.6 Å². The van der Waals surface area contributed by atoms with E-state index in [1.54, 1.807) is 6.92 Å². The fourth-order valence-electron chi connectivity index (χ4n) is 1.54. The molecule has 0 aliphatic rings. The summed E-state index contributed by atoms with van der Waals surface area (Å²) in [6.45, 7) is 1.72. The molecule has 0 radical (unpaired) electrons. The van der Waals surface area contributed by atoms with Crippen molar-refractivity contribution in [1.29, 1.82) is 5.26 Å². The van der Waals surface area contributed by atoms with Crippen LogP contribution in [-0.4, -0.2) is 12.6 Å². The van der Waals surface area contributed by atoms with Crippen molar-refractivity contribution >= 4 is 21.9 Å². The van der Waals surface area contributed by atoms with Crippen LogP contribution in [0.4, 0.5) is 13.2 Å². The van der Waals surface area contributed by atoms with Gasteiger partial charge in [-0.15, -0.1) is 0 Å². The molecule has 0 atom stereocenters. The van der Waals surface area contributed by atoms with Gasteiger partial charge in [-0.05, 0) is 18.6 Å². The first kappa shape index (κ1) is 15.5. The lowest BCUT2D eigenvalue weighted by molar-refractivity contribution is -0.143. The molecule has 0 saturated carbocycles. The van der Waals surface area contributed by atoms with Gasteiger partial charge in [0.15, 0.2) is 0 Å². The van der Waals surface area contributed by atoms with Crippen LogP contribution < -0.4 is 0 Å². The molecule has 0 aliphatic heterocycles. The first-order chi connectivity index (χ1) is 8.81. The summed E-state index contributed by atoms with van der Waals surface area (Å²) in [6.07, 6.45) is -5.04. The standard InChI is InChI=1S/C12H9BrF3NO2/c1-2-19-10(18)5-7-3-4-9(13)11(8(7)6-17)12(14,15)16/h3-4H,2,5H2,1H3. The third-order valence-electron chi connectivity index (χ3n) is 2.28. The minimum atomic E-state index is -4.67. The van der Waals surface area contributed by atoms with Crippen LogP contribution >= 0.6 is 15.9 Å². The van der Waals surface area contributed by atoms with Gasteiger partial charge in [-0.1, -0.05) is 22.0 Å². The summed E-state index contributed by atoms with van der Waals surface area (Å²) in [5, 5.41) is 8.91. The van der Waals surface area contributed by atoms with E-state index in [0.717, 1.165) is 6.07 Å². The summed E-state index contributed by atoms with van der Waals surface area (Å²) < 4.78 is 43.0. The average Bonchev–Trinajstić information content (AvgIpc) is 2.29. The van der Waals surface area contributed by atoms with Gasteiger partial charge in [0.2, 0.25) is 0 Å². The van der Waals surface area contributed by atoms with Crippen LogP contribution in [0.2, 0.25) is 0 Å². The summed E-state index contributed by atoms with van der Waals surface area (Å²) in [4.78, 5) is 11.3. The van der Waals surface area contributed by atoms with Crippen molar-refractivity contribution in [2.24, 2.45) is 0 Å². The number of nitrogens with zero attached hydrogens (tertiary/aromatic N) is 1. The zero-order valence-electron chi connectivity index (χ0n) is 9.84. The van der Waals surface area contributed by atoms with Crippen molar-refractivity contribution in [1.82, 2.24) is 0 Å². The minimum absolute atomic E-state index is 0.00326. The number of carbonyl (C=O) groups is 1. The molecule has 0 N–H and O–H groups in total. The van der Waals surface area contributed by atoms with Crippen LogP contribution in [-0.2, 0) is 22.1 Å². The largest absolute Gasteiger partial charge is 0.466 e. The highest BCUT2D eigenvalue weighted by Crippen LogP contribution is 2.38. The Morgan fingerprint density at radius 3 is 2.58 bits per heavy atom. The Kier molecular flexibility index (Phi) is 4.95. The van der Waals surface area contributed by atoms with Gasteiger partial charge in [-0.2, -0.15) is 18.4 Å². The number of esters is 1. The van der Waals surface area contributed by atoms with Crippen molar-refractivity contribution in [2.75, 3.05) is 6.61 Å². The molecule has 0 heterocycles. The number of hydrogen-bond acceptors (Lipinski definition) is 3. The van der Waals surface area contributed by atoms with Crippen LogP contribution in [0.25, 0.3) is 0 Å². The third-order valence-corrected chi connectivity index (χ3v) is 2.94. The van der Waals surface area contributed by atoms with Crippen molar-refractivity contribution < 1.29 is 22.7 Å². The second-order valence-electron chi connectivity index (χ2n) is 3.55. The molecule has 7 heteroatoms. The maximum Gasteiger partial charge on any atom is 0.418 e. The molecule has 1 rings (SSSR count). The summed E-state index contributed by atoms with van der Waals surface area (Å²) in [5.74, 6) is -0.672. The van der Waals surface area contributed by atoms with Crippen LogP contribution in [0, 0.1) is 11.3 Å². The van der Waals surface area contributed by atoms with E-state index in [9.17, 15) is 18.0 Å². The monoisotopic (exact) mass is 335 g/mol. The Balaban J connectivity index is 3.29. The van der Waals surface area contributed by atoms with Gasteiger partial charge in [0, 0.05) is 4.47 Å². The smallest absolute Gasteiger partial charge is 0.418 e. The Bertz CT molecular complexity index is 535. The topological polar surface area (TPSA) is 50.1 Å². The molecular formula is C12H9BrF3NO2. The number of rotatable bonds is 3. The molecular weight excluding hydrogens is 327 g/mol. The van der Waals surface area contributed by atoms with E-state index in [2.05, 4.69) is 20.7 Å². The van der Waals surface area contributed by atoms with Crippen LogP contribution in [0.5, 0.6) is 0 Å². The maximum atomic E-state index is 12.9. The number of ether oxygens (including phenoxy) is 1. The Morgan fingerprint density at radius 1 is 1.47 bits per heavy atom. The van der Waals surface area contributed by atoms with E-state index in [-0.39, 0.29) is 23.1 Å². The molecule has 0 fully saturated rings. The zero-order chi connectivity index (χ0) is 14.6. The van der Waals surface area contributed by atoms with Gasteiger partial charge < -0.3 is 4.74 Å². The number of alkyl halides is 3. The molecule has 3 nitrogen and oxygen atoms in total. The molecule has 102 valence electrons. The predicted octanol–water partition coefficient (Wildman–Crippen LogP) is 3.45. The zero-order valence-corrected chi connectivity index (χ0v) is 11.4. The van der Waals surface area contributed by atoms with Crippen molar-refractivity contribution in [3.05, 3.63) is 33.3 Å². The highest BCUT2D eigenvalue weighted by atomic mass is 79.9. The molecule has 0 saturated heterocycles. The molecule has 0 aromatic heterocycles. The number of nitriles is 1. The van der Waals surface area contributed by atoms with Crippen LogP contribution in [0.15, 0.2) is 16.6 Å². The number of halogens is 4. The Labute approximate surface area is 116 Å². The van der Waals surface area contributed by atoms with Crippen molar-refractivity contribution in [3.63, 3.8) is 0 Å². The van der Waals surface area contributed by atoms with Gasteiger partial charge >= 0.3 is 12.1 Å². The summed E-state index contributed by atoms with van der Waals surface area (Å²) in [6, 6.07) is 3.97. The summed E-state index contributed by atoms with van der Waals surface area (Å²) in [5.41, 5.74) is -1.64. The number of carbonyl (C=O) groups excluding carboxylic acids is 1. The van der Waals surface area contributed by atoms with E-state index in [1.165, 1.54) is 12.1 Å². The Morgan fingerprint density at radius 2 is 2.11 bits per heavy atom. The fourth-order valence-corrected chi connectivity index (χ4v) is 2.10. The van der Waals surface area contributed by atoms with Crippen molar-refractivity contribution in [3.8, 4) is 6.07 Å². The fraction of sp³-hybridized carbons (Fsp3) is 0.333. The molecule has 0 aliphatic carbocycles. The molecule has 0 amide bonds. The first-order valence-electron chi connectivity index (χ1n) is 5.25. The Hall–Kier alpha value is -1.55. The second kappa shape index (κ2) is 6.06. The van der Waals surface area contributed by atoms with Crippen molar-refractivity contribution in [2.45, 2.75) is 19.5 Å². The number of hydrogen-bond donors (Lipinski definition) is 0. The molecule has 19 heavy (non-hydrogen) atoms. The summed E-state index contributed by atoms with van der Waals surface area (Å²) in [7, 11) is 0. The van der Waals surface area contributed by atoms with Gasteiger partial charge in [-0.3, -0.25) is 4.79 Å². The predicted molar refractivity (Wildman–Crippen MR) is 64.2 cm³/mol. The van der Waals surface area contributed by atoms with E-state index in [0.29, 0.717) is 0 Å². The van der Waals surface area contributed by atoms with Gasteiger partial charge in [0.1, 0.15) is 6.07 Å². The van der Waals surface area contributed by atoms with E-state index in [4.69, 9.17) is 5.26 Å². The molecule has 0 unspecified atom stereocenters. The molecule has 1 aromatic rings. The third kappa shape index (κ3) is 3.70. The normalized spacial score (nSPS) is 10.9. The second-order valence-corrected chi connectivity index (χ2v) is 4.40. The lowest BCUT2D eigenvalue weighted by Crippen LogP contribution is -2.14.